The number of rotatable bonds is 2. The van der Waals surface area contributed by atoms with Crippen LogP contribution in [-0.2, 0) is 6.18 Å². The lowest BCUT2D eigenvalue weighted by atomic mass is 10.3. The molecule has 2 aromatic rings. The third kappa shape index (κ3) is 2.75. The highest BCUT2D eigenvalue weighted by atomic mass is 79.9. The van der Waals surface area contributed by atoms with Crippen molar-refractivity contribution in [3.05, 3.63) is 36.9 Å². The zero-order valence-electron chi connectivity index (χ0n) is 7.92. The second kappa shape index (κ2) is 4.51. The highest BCUT2D eigenvalue weighted by Gasteiger charge is 2.35. The first-order valence-corrected chi connectivity index (χ1v) is 6.63. The maximum absolute atomic E-state index is 12.3. The van der Waals surface area contributed by atoms with Crippen LogP contribution in [0.1, 0.15) is 19.6 Å². The number of hydrogen-bond acceptors (Lipinski definition) is 4. The van der Waals surface area contributed by atoms with Crippen LogP contribution in [0.5, 0.6) is 0 Å². The summed E-state index contributed by atoms with van der Waals surface area (Å²) in [4.78, 5) is 15.4. The summed E-state index contributed by atoms with van der Waals surface area (Å²) in [5.41, 5.74) is 0. The Morgan fingerprint density at radius 2 is 1.94 bits per heavy atom. The number of carbonyl (C=O) groups is 1. The van der Waals surface area contributed by atoms with Crippen LogP contribution >= 0.6 is 38.6 Å². The van der Waals surface area contributed by atoms with Gasteiger partial charge in [-0.15, -0.1) is 22.7 Å². The summed E-state index contributed by atoms with van der Waals surface area (Å²) in [7, 11) is 0. The molecular formula is C9H3BrF3NOS2. The second-order valence-corrected chi connectivity index (χ2v) is 6.45. The Kier molecular flexibility index (Phi) is 3.37. The van der Waals surface area contributed by atoms with Crippen molar-refractivity contribution >= 4 is 44.4 Å². The standard InChI is InChI=1S/C9H3BrF3NOS2/c10-6-2-1-4(16-6)7(15)5-3-14-8(17-5)9(11,12)13/h1-3H. The van der Waals surface area contributed by atoms with E-state index in [1.54, 1.807) is 12.1 Å². The van der Waals surface area contributed by atoms with E-state index >= 15 is 0 Å². The molecule has 0 saturated heterocycles. The van der Waals surface area contributed by atoms with Crippen LogP contribution in [-0.4, -0.2) is 10.8 Å². The maximum atomic E-state index is 12.3. The molecule has 0 aromatic carbocycles. The van der Waals surface area contributed by atoms with E-state index in [-0.39, 0.29) is 4.88 Å². The predicted octanol–water partition coefficient (Wildman–Crippen LogP) is 4.22. The minimum atomic E-state index is -4.50. The number of nitrogens with zero attached hydrogens (tertiary/aromatic N) is 1. The van der Waals surface area contributed by atoms with Gasteiger partial charge < -0.3 is 0 Å². The molecule has 8 heteroatoms. The van der Waals surface area contributed by atoms with Gasteiger partial charge in [0.25, 0.3) is 0 Å². The van der Waals surface area contributed by atoms with Crippen molar-refractivity contribution < 1.29 is 18.0 Å². The van der Waals surface area contributed by atoms with E-state index in [2.05, 4.69) is 20.9 Å². The lowest BCUT2D eigenvalue weighted by Crippen LogP contribution is -2.03. The number of alkyl halides is 3. The second-order valence-electron chi connectivity index (χ2n) is 2.96. The van der Waals surface area contributed by atoms with Gasteiger partial charge in [0.2, 0.25) is 5.78 Å². The first-order valence-electron chi connectivity index (χ1n) is 4.21. The molecule has 0 atom stereocenters. The number of carbonyl (C=O) groups excluding carboxylic acids is 1. The van der Waals surface area contributed by atoms with Crippen molar-refractivity contribution in [1.29, 1.82) is 0 Å². The van der Waals surface area contributed by atoms with Crippen LogP contribution in [0.2, 0.25) is 0 Å². The van der Waals surface area contributed by atoms with Gasteiger partial charge in [-0.25, -0.2) is 4.98 Å². The molecule has 17 heavy (non-hydrogen) atoms. The van der Waals surface area contributed by atoms with Crippen molar-refractivity contribution in [2.75, 3.05) is 0 Å². The first kappa shape index (κ1) is 12.7. The number of aromatic nitrogens is 1. The topological polar surface area (TPSA) is 30.0 Å². The minimum Gasteiger partial charge on any atom is -0.287 e. The van der Waals surface area contributed by atoms with Crippen LogP contribution in [0, 0.1) is 0 Å². The molecule has 0 bridgehead atoms. The Labute approximate surface area is 110 Å². The van der Waals surface area contributed by atoms with Crippen molar-refractivity contribution in [2.24, 2.45) is 0 Å². The van der Waals surface area contributed by atoms with Gasteiger partial charge in [0.1, 0.15) is 0 Å². The Balaban J connectivity index is 2.30. The molecule has 0 radical (unpaired) electrons. The van der Waals surface area contributed by atoms with Crippen LogP contribution in [0.3, 0.4) is 0 Å². The van der Waals surface area contributed by atoms with E-state index < -0.39 is 17.0 Å². The zero-order chi connectivity index (χ0) is 12.6. The largest absolute Gasteiger partial charge is 0.443 e. The molecule has 2 nitrogen and oxygen atoms in total. The molecule has 2 heterocycles. The molecule has 0 amide bonds. The SMILES string of the molecule is O=C(c1ccc(Br)s1)c1cnc(C(F)(F)F)s1. The van der Waals surface area contributed by atoms with E-state index in [0.29, 0.717) is 16.2 Å². The van der Waals surface area contributed by atoms with Gasteiger partial charge in [0.15, 0.2) is 5.01 Å². The van der Waals surface area contributed by atoms with Crippen LogP contribution < -0.4 is 0 Å². The van der Waals surface area contributed by atoms with E-state index in [1.165, 1.54) is 11.3 Å². The van der Waals surface area contributed by atoms with Crippen LogP contribution in [0.4, 0.5) is 13.2 Å². The Morgan fingerprint density at radius 1 is 1.24 bits per heavy atom. The monoisotopic (exact) mass is 341 g/mol. The molecule has 0 N–H and O–H groups in total. The molecule has 0 fully saturated rings. The maximum Gasteiger partial charge on any atom is 0.443 e. The number of ketones is 1. The molecule has 0 spiro atoms. The van der Waals surface area contributed by atoms with Gasteiger partial charge in [-0.2, -0.15) is 13.2 Å². The quantitative estimate of drug-likeness (QED) is 0.765. The third-order valence-corrected chi connectivity index (χ3v) is 4.43. The molecule has 0 unspecified atom stereocenters. The molecule has 0 aliphatic carbocycles. The Morgan fingerprint density at radius 3 is 2.41 bits per heavy atom. The van der Waals surface area contributed by atoms with Gasteiger partial charge >= 0.3 is 6.18 Å². The zero-order valence-corrected chi connectivity index (χ0v) is 11.1. The van der Waals surface area contributed by atoms with Gasteiger partial charge in [0, 0.05) is 6.20 Å². The summed E-state index contributed by atoms with van der Waals surface area (Å²) < 4.78 is 37.7. The molecule has 2 rings (SSSR count). The van der Waals surface area contributed by atoms with Gasteiger partial charge in [-0.1, -0.05) is 0 Å². The summed E-state index contributed by atoms with van der Waals surface area (Å²) in [5.74, 6) is -0.436. The molecule has 0 saturated carbocycles. The predicted molar refractivity (Wildman–Crippen MR) is 62.6 cm³/mol. The van der Waals surface area contributed by atoms with E-state index in [9.17, 15) is 18.0 Å². The summed E-state index contributed by atoms with van der Waals surface area (Å²) in [6.07, 6.45) is -3.54. The molecule has 90 valence electrons. The lowest BCUT2D eigenvalue weighted by Gasteiger charge is -1.98. The normalized spacial score (nSPS) is 11.8. The van der Waals surface area contributed by atoms with Crippen molar-refractivity contribution in [3.8, 4) is 0 Å². The third-order valence-electron chi connectivity index (χ3n) is 1.77. The first-order chi connectivity index (χ1) is 7.88. The minimum absolute atomic E-state index is 0.00771. The fourth-order valence-electron chi connectivity index (χ4n) is 1.07. The van der Waals surface area contributed by atoms with Crippen molar-refractivity contribution in [1.82, 2.24) is 4.98 Å². The van der Waals surface area contributed by atoms with Crippen LogP contribution in [0.25, 0.3) is 0 Å². The van der Waals surface area contributed by atoms with E-state index in [4.69, 9.17) is 0 Å². The van der Waals surface area contributed by atoms with Gasteiger partial charge in [0.05, 0.1) is 13.5 Å². The summed E-state index contributed by atoms with van der Waals surface area (Å²) in [6.45, 7) is 0. The van der Waals surface area contributed by atoms with Crippen molar-refractivity contribution in [3.63, 3.8) is 0 Å². The van der Waals surface area contributed by atoms with E-state index in [0.717, 1.165) is 9.98 Å². The molecular weight excluding hydrogens is 339 g/mol. The number of thiazole rings is 1. The highest BCUT2D eigenvalue weighted by molar-refractivity contribution is 9.11. The fraction of sp³-hybridized carbons (Fsp3) is 0.111. The van der Waals surface area contributed by atoms with Crippen LogP contribution in [0.15, 0.2) is 22.1 Å². The van der Waals surface area contributed by atoms with E-state index in [1.807, 2.05) is 0 Å². The molecule has 0 aliphatic rings. The Hall–Kier alpha value is -0.730. The number of hydrogen-bond donors (Lipinski definition) is 0. The highest BCUT2D eigenvalue weighted by Crippen LogP contribution is 2.34. The van der Waals surface area contributed by atoms with Gasteiger partial charge in [-0.05, 0) is 28.1 Å². The summed E-state index contributed by atoms with van der Waals surface area (Å²) >= 11 is 4.71. The number of thiophene rings is 1. The smallest absolute Gasteiger partial charge is 0.287 e. The molecule has 2 aromatic heterocycles. The average molecular weight is 342 g/mol. The lowest BCUT2D eigenvalue weighted by molar-refractivity contribution is -0.137. The molecule has 0 aliphatic heterocycles. The van der Waals surface area contributed by atoms with Crippen molar-refractivity contribution in [2.45, 2.75) is 6.18 Å². The fourth-order valence-corrected chi connectivity index (χ4v) is 3.21. The summed E-state index contributed by atoms with van der Waals surface area (Å²) in [5, 5.41) is -1.00. The average Bonchev–Trinajstić information content (AvgIpc) is 2.83. The summed E-state index contributed by atoms with van der Waals surface area (Å²) in [6, 6.07) is 3.23. The Bertz CT molecular complexity index is 561. The number of halogens is 4. The van der Waals surface area contributed by atoms with Gasteiger partial charge in [-0.3, -0.25) is 4.79 Å².